The second-order valence-corrected chi connectivity index (χ2v) is 19.6. The van der Waals surface area contributed by atoms with Gasteiger partial charge in [-0.15, -0.1) is 0 Å². The highest BCUT2D eigenvalue weighted by atomic mass is 16.5. The number of nitrogens with zero attached hydrogens (tertiary/aromatic N) is 4. The number of imidazole rings is 2. The average Bonchev–Trinajstić information content (AvgIpc) is 3.75. The molecule has 4 amide bonds. The fourth-order valence-electron chi connectivity index (χ4n) is 11.5. The number of hydrogen-bond acceptors (Lipinski definition) is 9. The van der Waals surface area contributed by atoms with Crippen LogP contribution in [-0.2, 0) is 23.8 Å². The molecule has 4 aliphatic heterocycles. The highest BCUT2D eigenvalue weighted by Gasteiger charge is 2.57. The van der Waals surface area contributed by atoms with Crippen LogP contribution in [-0.4, -0.2) is 92.1 Å². The van der Waals surface area contributed by atoms with Gasteiger partial charge in [0.25, 0.3) is 0 Å². The molecule has 2 bridgehead atoms. The third-order valence-electron chi connectivity index (χ3n) is 15.0. The SMILES string of the molecule is COC(=O)N[C@H](C(=O)N1C2CC2C[C@@H]1c1nc2ccc(-c3ccc(-c4ccc(-c5cnc([C@@H]6C[C@@H]7C[C@@H]7N6C(=O)[C@@H](NC(=O)OC)C(C)C)[nH]5)cc4)c4c3C3CCC4O3)cc2[nH]1)C(C)C. The van der Waals surface area contributed by atoms with Gasteiger partial charge in [0.1, 0.15) is 23.7 Å². The van der Waals surface area contributed by atoms with Crippen LogP contribution in [0, 0.1) is 23.7 Å². The normalized spacial score (nSPS) is 26.5. The lowest BCUT2D eigenvalue weighted by atomic mass is 9.81. The van der Waals surface area contributed by atoms with Crippen molar-refractivity contribution < 1.29 is 33.4 Å². The number of benzene rings is 3. The fourth-order valence-corrected chi connectivity index (χ4v) is 11.5. The van der Waals surface area contributed by atoms with Gasteiger partial charge in [0.15, 0.2) is 0 Å². The van der Waals surface area contributed by atoms with E-state index in [1.54, 1.807) is 0 Å². The molecule has 3 aromatic carbocycles. The van der Waals surface area contributed by atoms with Gasteiger partial charge < -0.3 is 44.6 Å². The number of alkyl carbamates (subject to hydrolysis) is 2. The van der Waals surface area contributed by atoms with Crippen molar-refractivity contribution in [1.82, 2.24) is 40.4 Å². The number of fused-ring (bicyclic) bond motifs is 8. The number of carbonyl (C=O) groups is 4. The average molecular weight is 881 g/mol. The van der Waals surface area contributed by atoms with E-state index in [2.05, 4.69) is 75.2 Å². The van der Waals surface area contributed by atoms with Crippen LogP contribution in [0.4, 0.5) is 9.59 Å². The van der Waals surface area contributed by atoms with Gasteiger partial charge in [-0.2, -0.15) is 0 Å². The summed E-state index contributed by atoms with van der Waals surface area (Å²) in [5.74, 6) is 2.00. The van der Waals surface area contributed by atoms with E-state index in [0.29, 0.717) is 11.8 Å². The number of H-pyrrole nitrogens is 2. The van der Waals surface area contributed by atoms with Crippen LogP contribution in [0.2, 0.25) is 0 Å². The molecule has 0 radical (unpaired) electrons. The maximum Gasteiger partial charge on any atom is 0.407 e. The molecule has 6 heterocycles. The molecule has 2 saturated carbocycles. The summed E-state index contributed by atoms with van der Waals surface area (Å²) in [4.78, 5) is 73.1. The maximum atomic E-state index is 14.0. The smallest absolute Gasteiger partial charge is 0.407 e. The highest BCUT2D eigenvalue weighted by Crippen LogP contribution is 2.57. The topological polar surface area (TPSA) is 184 Å². The van der Waals surface area contributed by atoms with Crippen molar-refractivity contribution in [2.75, 3.05) is 14.2 Å². The largest absolute Gasteiger partial charge is 0.453 e. The van der Waals surface area contributed by atoms with Crippen molar-refractivity contribution in [3.63, 3.8) is 0 Å². The van der Waals surface area contributed by atoms with E-state index in [9.17, 15) is 19.2 Å². The predicted molar refractivity (Wildman–Crippen MR) is 241 cm³/mol. The second-order valence-electron chi connectivity index (χ2n) is 19.6. The molecule has 2 aromatic heterocycles. The van der Waals surface area contributed by atoms with Gasteiger partial charge in [-0.1, -0.05) is 70.2 Å². The molecule has 15 heteroatoms. The molecule has 5 aromatic rings. The van der Waals surface area contributed by atoms with Crippen LogP contribution < -0.4 is 10.6 Å². The minimum Gasteiger partial charge on any atom is -0.453 e. The zero-order chi connectivity index (χ0) is 45.0. The standard InChI is InChI=1S/C50H56N8O7/c1-23(2)43(55-49(61)63-5)47(59)57-35-18-28(35)20-37(57)45-51-22-34(54-45)26-9-7-25(8-10-26)30-12-13-31(42-40-16-15-39(65-40)41(30)42)27-11-14-32-33(17-27)53-46(52-32)38-21-29-19-36(29)58(38)48(60)44(24(3)4)56-50(62)64-6/h7-14,17,22-24,28-29,35-40,43-44H,15-16,18-21H2,1-6H3,(H,51,54)(H,52,53)(H,55,61)(H,56,62)/t28-,29?,35-,36?,37-,38+,39?,40?,43-,44-/m0/s1. The lowest BCUT2D eigenvalue weighted by Gasteiger charge is -2.31. The summed E-state index contributed by atoms with van der Waals surface area (Å²) in [5.41, 5.74) is 10.7. The first-order chi connectivity index (χ1) is 31.4. The third-order valence-corrected chi connectivity index (χ3v) is 15.0. The van der Waals surface area contributed by atoms with E-state index >= 15 is 0 Å². The Morgan fingerprint density at radius 2 is 1.20 bits per heavy atom. The van der Waals surface area contributed by atoms with Crippen molar-refractivity contribution in [1.29, 1.82) is 0 Å². The van der Waals surface area contributed by atoms with Crippen molar-refractivity contribution >= 4 is 35.0 Å². The number of likely N-dealkylation sites (tertiary alicyclic amines) is 2. The van der Waals surface area contributed by atoms with Crippen LogP contribution in [0.25, 0.3) is 44.5 Å². The van der Waals surface area contributed by atoms with E-state index in [0.717, 1.165) is 89.2 Å². The Morgan fingerprint density at radius 1 is 0.677 bits per heavy atom. The Labute approximate surface area is 377 Å². The molecule has 3 saturated heterocycles. The first-order valence-electron chi connectivity index (χ1n) is 23.2. The molecule has 5 fully saturated rings. The number of amides is 4. The summed E-state index contributed by atoms with van der Waals surface area (Å²) in [7, 11) is 2.62. The summed E-state index contributed by atoms with van der Waals surface area (Å²) < 4.78 is 16.3. The molecule has 15 nitrogen and oxygen atoms in total. The lowest BCUT2D eigenvalue weighted by Crippen LogP contribution is -2.52. The van der Waals surface area contributed by atoms with Gasteiger partial charge in [-0.05, 0) is 113 Å². The minimum atomic E-state index is -0.688. The molecule has 6 aliphatic rings. The quantitative estimate of drug-likeness (QED) is 0.101. The third kappa shape index (κ3) is 7.04. The molecule has 65 heavy (non-hydrogen) atoms. The number of ether oxygens (including phenoxy) is 3. The summed E-state index contributed by atoms with van der Waals surface area (Å²) in [6, 6.07) is 17.9. The number of methoxy groups -OCH3 is 2. The lowest BCUT2D eigenvalue weighted by molar-refractivity contribution is -0.137. The van der Waals surface area contributed by atoms with Gasteiger partial charge in [-0.3, -0.25) is 9.59 Å². The van der Waals surface area contributed by atoms with E-state index in [-0.39, 0.29) is 60.0 Å². The molecular weight excluding hydrogens is 825 g/mol. The van der Waals surface area contributed by atoms with Gasteiger partial charge in [0, 0.05) is 12.1 Å². The van der Waals surface area contributed by atoms with Crippen molar-refractivity contribution in [3.05, 3.63) is 83.6 Å². The number of aromatic nitrogens is 4. The highest BCUT2D eigenvalue weighted by molar-refractivity contribution is 5.89. The maximum absolute atomic E-state index is 14.0. The number of nitrogens with one attached hydrogen (secondary N) is 4. The van der Waals surface area contributed by atoms with Crippen LogP contribution in [0.15, 0.2) is 60.8 Å². The molecule has 4 N–H and O–H groups in total. The fraction of sp³-hybridized carbons (Fsp3) is 0.480. The van der Waals surface area contributed by atoms with Gasteiger partial charge in [0.05, 0.1) is 61.4 Å². The Morgan fingerprint density at radius 3 is 1.75 bits per heavy atom. The molecular formula is C50H56N8O7. The number of piperidine rings is 2. The molecule has 11 rings (SSSR count). The monoisotopic (exact) mass is 880 g/mol. The van der Waals surface area contributed by atoms with Crippen molar-refractivity contribution in [3.8, 4) is 33.5 Å². The number of carbonyl (C=O) groups excluding carboxylic acids is 4. The minimum absolute atomic E-state index is 0.0260. The molecule has 2 aliphatic carbocycles. The van der Waals surface area contributed by atoms with Gasteiger partial charge in [0.2, 0.25) is 11.8 Å². The predicted octanol–water partition coefficient (Wildman–Crippen LogP) is 8.28. The summed E-state index contributed by atoms with van der Waals surface area (Å²) in [6.45, 7) is 7.72. The van der Waals surface area contributed by atoms with E-state index in [4.69, 9.17) is 24.2 Å². The Balaban J connectivity index is 0.840. The first kappa shape index (κ1) is 41.5. The second kappa shape index (κ2) is 15.7. The van der Waals surface area contributed by atoms with E-state index in [1.165, 1.54) is 30.9 Å². The summed E-state index contributed by atoms with van der Waals surface area (Å²) in [5, 5.41) is 5.52. The summed E-state index contributed by atoms with van der Waals surface area (Å²) in [6.07, 6.45) is 6.27. The van der Waals surface area contributed by atoms with E-state index in [1.807, 2.05) is 43.7 Å². The Bertz CT molecular complexity index is 2730. The van der Waals surface area contributed by atoms with Crippen LogP contribution >= 0.6 is 0 Å². The Hall–Kier alpha value is -6.22. The molecule has 10 atom stereocenters. The first-order valence-corrected chi connectivity index (χ1v) is 23.2. The zero-order valence-corrected chi connectivity index (χ0v) is 37.6. The van der Waals surface area contributed by atoms with E-state index < -0.39 is 24.3 Å². The van der Waals surface area contributed by atoms with Crippen LogP contribution in [0.5, 0.6) is 0 Å². The number of rotatable bonds is 11. The van der Waals surface area contributed by atoms with Crippen molar-refractivity contribution in [2.24, 2.45) is 23.7 Å². The number of hydrogen-bond donors (Lipinski definition) is 4. The summed E-state index contributed by atoms with van der Waals surface area (Å²) >= 11 is 0. The Kier molecular flexibility index (Phi) is 10.0. The molecule has 338 valence electrons. The molecule has 4 unspecified atom stereocenters. The zero-order valence-electron chi connectivity index (χ0n) is 37.6. The van der Waals surface area contributed by atoms with Gasteiger partial charge >= 0.3 is 12.2 Å². The molecule has 0 spiro atoms. The van der Waals surface area contributed by atoms with Crippen LogP contribution in [0.3, 0.4) is 0 Å². The number of aromatic amines is 2. The van der Waals surface area contributed by atoms with Crippen molar-refractivity contribution in [2.45, 2.75) is 115 Å². The van der Waals surface area contributed by atoms with Gasteiger partial charge in [-0.25, -0.2) is 19.6 Å². The van der Waals surface area contributed by atoms with Crippen LogP contribution in [0.1, 0.15) is 113 Å².